The molecule has 0 saturated carbocycles. The standard InChI is InChI=1S/C14H10Cl2O3/c15-11-5-6-12(16)13(7-11)19-8-9-1-3-10(4-2-9)14(17)18/h1-7H,8H2,(H,17,18). The van der Waals surface area contributed by atoms with E-state index in [0.717, 1.165) is 5.56 Å². The number of carboxylic acid groups (broad SMARTS) is 1. The normalized spacial score (nSPS) is 10.2. The van der Waals surface area contributed by atoms with Gasteiger partial charge in [0.05, 0.1) is 10.6 Å². The van der Waals surface area contributed by atoms with Crippen LogP contribution in [0, 0.1) is 0 Å². The summed E-state index contributed by atoms with van der Waals surface area (Å²) in [6, 6.07) is 11.4. The van der Waals surface area contributed by atoms with Crippen LogP contribution in [-0.2, 0) is 6.61 Å². The Morgan fingerprint density at radius 3 is 2.42 bits per heavy atom. The summed E-state index contributed by atoms with van der Waals surface area (Å²) >= 11 is 11.8. The van der Waals surface area contributed by atoms with E-state index in [0.29, 0.717) is 22.4 Å². The third-order valence-corrected chi connectivity index (χ3v) is 3.04. The monoisotopic (exact) mass is 296 g/mol. The molecule has 0 amide bonds. The van der Waals surface area contributed by atoms with Crippen LogP contribution in [0.5, 0.6) is 5.75 Å². The van der Waals surface area contributed by atoms with Gasteiger partial charge in [0.1, 0.15) is 12.4 Å². The van der Waals surface area contributed by atoms with Gasteiger partial charge in [0, 0.05) is 11.1 Å². The number of halogens is 2. The first-order valence-corrected chi connectivity index (χ1v) is 6.22. The molecule has 1 N–H and O–H groups in total. The zero-order chi connectivity index (χ0) is 13.8. The van der Waals surface area contributed by atoms with Crippen LogP contribution >= 0.6 is 23.2 Å². The largest absolute Gasteiger partial charge is 0.487 e. The first-order valence-electron chi connectivity index (χ1n) is 5.46. The van der Waals surface area contributed by atoms with E-state index in [9.17, 15) is 4.79 Å². The Morgan fingerprint density at radius 1 is 1.11 bits per heavy atom. The lowest BCUT2D eigenvalue weighted by atomic mass is 10.1. The van der Waals surface area contributed by atoms with E-state index in [1.54, 1.807) is 30.3 Å². The Balaban J connectivity index is 2.06. The molecule has 0 fully saturated rings. The molecular weight excluding hydrogens is 287 g/mol. The highest BCUT2D eigenvalue weighted by Gasteiger charge is 2.05. The predicted octanol–water partition coefficient (Wildman–Crippen LogP) is 4.27. The topological polar surface area (TPSA) is 46.5 Å². The van der Waals surface area contributed by atoms with Gasteiger partial charge in [0.2, 0.25) is 0 Å². The number of carboxylic acids is 1. The molecule has 2 rings (SSSR count). The van der Waals surface area contributed by atoms with Gasteiger partial charge >= 0.3 is 5.97 Å². The van der Waals surface area contributed by atoms with Crippen LogP contribution in [0.3, 0.4) is 0 Å². The number of hydrogen-bond donors (Lipinski definition) is 1. The third-order valence-electron chi connectivity index (χ3n) is 2.49. The van der Waals surface area contributed by atoms with Crippen molar-refractivity contribution >= 4 is 29.2 Å². The first-order chi connectivity index (χ1) is 9.06. The van der Waals surface area contributed by atoms with Crippen molar-refractivity contribution in [2.24, 2.45) is 0 Å². The Morgan fingerprint density at radius 2 is 1.79 bits per heavy atom. The average Bonchev–Trinajstić information content (AvgIpc) is 2.40. The lowest BCUT2D eigenvalue weighted by molar-refractivity contribution is 0.0697. The van der Waals surface area contributed by atoms with Gasteiger partial charge < -0.3 is 9.84 Å². The van der Waals surface area contributed by atoms with Crippen LogP contribution in [0.15, 0.2) is 42.5 Å². The van der Waals surface area contributed by atoms with Gasteiger partial charge in [0.25, 0.3) is 0 Å². The van der Waals surface area contributed by atoms with Crippen molar-refractivity contribution in [2.45, 2.75) is 6.61 Å². The maximum Gasteiger partial charge on any atom is 0.335 e. The van der Waals surface area contributed by atoms with Crippen molar-refractivity contribution in [3.05, 3.63) is 63.6 Å². The quantitative estimate of drug-likeness (QED) is 0.916. The molecule has 0 atom stereocenters. The van der Waals surface area contributed by atoms with Crippen LogP contribution in [0.25, 0.3) is 0 Å². The van der Waals surface area contributed by atoms with Gasteiger partial charge in [-0.3, -0.25) is 0 Å². The maximum absolute atomic E-state index is 10.7. The van der Waals surface area contributed by atoms with Crippen LogP contribution < -0.4 is 4.74 Å². The highest BCUT2D eigenvalue weighted by Crippen LogP contribution is 2.28. The number of rotatable bonds is 4. The van der Waals surface area contributed by atoms with Gasteiger partial charge in [-0.15, -0.1) is 0 Å². The van der Waals surface area contributed by atoms with Crippen LogP contribution in [0.4, 0.5) is 0 Å². The van der Waals surface area contributed by atoms with E-state index in [4.69, 9.17) is 33.0 Å². The number of aromatic carboxylic acids is 1. The van der Waals surface area contributed by atoms with Crippen LogP contribution in [0.1, 0.15) is 15.9 Å². The minimum atomic E-state index is -0.953. The molecule has 0 bridgehead atoms. The van der Waals surface area contributed by atoms with Crippen molar-refractivity contribution in [1.29, 1.82) is 0 Å². The SMILES string of the molecule is O=C(O)c1ccc(COc2cc(Cl)ccc2Cl)cc1. The summed E-state index contributed by atoms with van der Waals surface area (Å²) in [4.78, 5) is 10.7. The second kappa shape index (κ2) is 5.95. The van der Waals surface area contributed by atoms with Crippen molar-refractivity contribution in [1.82, 2.24) is 0 Å². The Bertz CT molecular complexity index is 594. The molecule has 0 aliphatic rings. The number of carbonyl (C=O) groups is 1. The van der Waals surface area contributed by atoms with Crippen molar-refractivity contribution < 1.29 is 14.6 Å². The number of hydrogen-bond acceptors (Lipinski definition) is 2. The Hall–Kier alpha value is -1.71. The third kappa shape index (κ3) is 3.63. The molecule has 3 nitrogen and oxygen atoms in total. The van der Waals surface area contributed by atoms with E-state index >= 15 is 0 Å². The number of benzene rings is 2. The Labute approximate surface area is 120 Å². The molecule has 0 radical (unpaired) electrons. The predicted molar refractivity (Wildman–Crippen MR) is 74.2 cm³/mol. The molecule has 98 valence electrons. The molecule has 19 heavy (non-hydrogen) atoms. The smallest absolute Gasteiger partial charge is 0.335 e. The van der Waals surface area contributed by atoms with E-state index in [2.05, 4.69) is 0 Å². The second-order valence-corrected chi connectivity index (χ2v) is 4.71. The van der Waals surface area contributed by atoms with Gasteiger partial charge in [-0.1, -0.05) is 35.3 Å². The number of ether oxygens (including phenoxy) is 1. The zero-order valence-corrected chi connectivity index (χ0v) is 11.3. The summed E-state index contributed by atoms with van der Waals surface area (Å²) in [6.45, 7) is 0.292. The summed E-state index contributed by atoms with van der Waals surface area (Å²) < 4.78 is 5.54. The van der Waals surface area contributed by atoms with Crippen molar-refractivity contribution in [2.75, 3.05) is 0 Å². The average molecular weight is 297 g/mol. The molecule has 0 aromatic heterocycles. The van der Waals surface area contributed by atoms with E-state index < -0.39 is 5.97 Å². The fourth-order valence-corrected chi connectivity index (χ4v) is 1.83. The first kappa shape index (κ1) is 13.7. The summed E-state index contributed by atoms with van der Waals surface area (Å²) in [5, 5.41) is 9.81. The Kier molecular flexibility index (Phi) is 4.30. The molecule has 2 aromatic rings. The summed E-state index contributed by atoms with van der Waals surface area (Å²) in [5.74, 6) is -0.457. The molecular formula is C14H10Cl2O3. The van der Waals surface area contributed by atoms with Crippen LogP contribution in [0.2, 0.25) is 10.0 Å². The maximum atomic E-state index is 10.7. The molecule has 0 aliphatic carbocycles. The molecule has 0 aliphatic heterocycles. The van der Waals surface area contributed by atoms with Gasteiger partial charge in [-0.2, -0.15) is 0 Å². The lowest BCUT2D eigenvalue weighted by Crippen LogP contribution is -1.99. The molecule has 2 aromatic carbocycles. The highest BCUT2D eigenvalue weighted by atomic mass is 35.5. The van der Waals surface area contributed by atoms with Crippen LogP contribution in [-0.4, -0.2) is 11.1 Å². The fourth-order valence-electron chi connectivity index (χ4n) is 1.49. The van der Waals surface area contributed by atoms with Gasteiger partial charge in [0.15, 0.2) is 0 Å². The molecule has 0 heterocycles. The molecule has 0 spiro atoms. The molecule has 0 saturated heterocycles. The summed E-state index contributed by atoms with van der Waals surface area (Å²) in [5.41, 5.74) is 1.09. The van der Waals surface area contributed by atoms with Gasteiger partial charge in [-0.25, -0.2) is 4.79 Å². The lowest BCUT2D eigenvalue weighted by Gasteiger charge is -2.08. The fraction of sp³-hybridized carbons (Fsp3) is 0.0714. The van der Waals surface area contributed by atoms with E-state index in [-0.39, 0.29) is 5.56 Å². The van der Waals surface area contributed by atoms with E-state index in [1.165, 1.54) is 12.1 Å². The minimum absolute atomic E-state index is 0.240. The molecule has 5 heteroatoms. The summed E-state index contributed by atoms with van der Waals surface area (Å²) in [6.07, 6.45) is 0. The highest BCUT2D eigenvalue weighted by molar-refractivity contribution is 6.34. The van der Waals surface area contributed by atoms with Crippen molar-refractivity contribution in [3.63, 3.8) is 0 Å². The van der Waals surface area contributed by atoms with E-state index in [1.807, 2.05) is 0 Å². The molecule has 0 unspecified atom stereocenters. The minimum Gasteiger partial charge on any atom is -0.487 e. The zero-order valence-electron chi connectivity index (χ0n) is 9.77. The van der Waals surface area contributed by atoms with Crippen molar-refractivity contribution in [3.8, 4) is 5.75 Å². The summed E-state index contributed by atoms with van der Waals surface area (Å²) in [7, 11) is 0. The van der Waals surface area contributed by atoms with Gasteiger partial charge in [-0.05, 0) is 29.8 Å². The second-order valence-electron chi connectivity index (χ2n) is 3.87.